The molecule has 6 unspecified atom stereocenters. The van der Waals surface area contributed by atoms with E-state index in [-0.39, 0.29) is 0 Å². The maximum atomic E-state index is 12.5. The van der Waals surface area contributed by atoms with Gasteiger partial charge in [-0.2, -0.15) is 0 Å². The smallest absolute Gasteiger partial charge is 0.396 e. The van der Waals surface area contributed by atoms with Crippen LogP contribution in [0.15, 0.2) is 0 Å². The normalized spacial score (nSPS) is 21.1. The van der Waals surface area contributed by atoms with Crippen LogP contribution in [0.4, 0.5) is 0 Å². The summed E-state index contributed by atoms with van der Waals surface area (Å²) in [5, 5.41) is 47.4. The topological polar surface area (TPSA) is 335 Å². The van der Waals surface area contributed by atoms with Crippen LogP contribution < -0.4 is 0 Å². The van der Waals surface area contributed by atoms with Crippen molar-refractivity contribution in [2.24, 2.45) is 21.7 Å². The summed E-state index contributed by atoms with van der Waals surface area (Å²) in [4.78, 5) is 47.6. The molecule has 0 aliphatic heterocycles. The van der Waals surface area contributed by atoms with E-state index in [1.807, 2.05) is 0 Å². The second-order valence-corrected chi connectivity index (χ2v) is 17.4. The quantitative estimate of drug-likeness (QED) is 0.0498. The first-order valence-corrected chi connectivity index (χ1v) is 18.9. The van der Waals surface area contributed by atoms with E-state index < -0.39 is 132 Å². The van der Waals surface area contributed by atoms with E-state index in [9.17, 15) is 58.5 Å². The second kappa shape index (κ2) is 18.3. The van der Waals surface area contributed by atoms with Gasteiger partial charge in [-0.15, -0.1) is 0 Å². The van der Waals surface area contributed by atoms with Gasteiger partial charge in [-0.1, -0.05) is 27.7 Å². The van der Waals surface area contributed by atoms with Crippen molar-refractivity contribution < 1.29 is 99.9 Å². The molecular weight excluding hydrogens is 700 g/mol. The van der Waals surface area contributed by atoms with Crippen LogP contribution in [0.5, 0.6) is 0 Å². The van der Waals surface area contributed by atoms with Crippen LogP contribution in [0.3, 0.4) is 0 Å². The zero-order chi connectivity index (χ0) is 35.4. The minimum Gasteiger partial charge on any atom is -0.396 e. The van der Waals surface area contributed by atoms with Crippen molar-refractivity contribution in [2.45, 2.75) is 27.7 Å². The molecule has 0 rings (SSSR count). The Labute approximate surface area is 260 Å². The van der Waals surface area contributed by atoms with E-state index in [4.69, 9.17) is 36.9 Å². The Bertz CT molecular complexity index is 1080. The predicted molar refractivity (Wildman–Crippen MR) is 151 cm³/mol. The van der Waals surface area contributed by atoms with Crippen molar-refractivity contribution in [1.29, 1.82) is 0 Å². The van der Waals surface area contributed by atoms with Crippen molar-refractivity contribution in [1.82, 2.24) is 0 Å². The third-order valence-corrected chi connectivity index (χ3v) is 9.14. The zero-order valence-corrected chi connectivity index (χ0v) is 28.8. The number of aliphatic hydroxyl groups is 5. The molecule has 272 valence electrons. The zero-order valence-electron chi connectivity index (χ0n) is 25.2. The van der Waals surface area contributed by atoms with E-state index in [1.54, 1.807) is 0 Å². The fourth-order valence-electron chi connectivity index (χ4n) is 2.32. The lowest BCUT2D eigenvalue weighted by atomic mass is 9.95. The van der Waals surface area contributed by atoms with Gasteiger partial charge in [-0.05, 0) is 0 Å². The largest absolute Gasteiger partial charge is 0.472 e. The molecule has 0 heterocycles. The van der Waals surface area contributed by atoms with Gasteiger partial charge in [0.05, 0.1) is 79.3 Å². The average Bonchev–Trinajstić information content (AvgIpc) is 2.98. The van der Waals surface area contributed by atoms with Gasteiger partial charge in [-0.25, -0.2) is 18.3 Å². The minimum atomic E-state index is -4.96. The Balaban J connectivity index is 5.07. The summed E-state index contributed by atoms with van der Waals surface area (Å²) < 4.78 is 81.0. The van der Waals surface area contributed by atoms with Gasteiger partial charge in [0.1, 0.15) is 0 Å². The molecule has 0 aromatic carbocycles. The van der Waals surface area contributed by atoms with E-state index >= 15 is 0 Å². The molecule has 21 nitrogen and oxygen atoms in total. The lowest BCUT2D eigenvalue weighted by molar-refractivity contribution is -0.0175. The van der Waals surface area contributed by atoms with Gasteiger partial charge in [0, 0.05) is 21.7 Å². The summed E-state index contributed by atoms with van der Waals surface area (Å²) in [6.45, 7) is -3.66. The van der Waals surface area contributed by atoms with E-state index in [2.05, 4.69) is 4.52 Å². The van der Waals surface area contributed by atoms with Crippen molar-refractivity contribution in [3.8, 4) is 0 Å². The molecular formula is C20H46O21P4. The Morgan fingerprint density at radius 2 is 0.556 bits per heavy atom. The molecule has 0 saturated carbocycles. The SMILES string of the molecule is CC(CO)(CO)COP(=O)(O)OCC(C)(CO)COP(=O)(O)OCC(C)(CO)COP(=O)(O)OCC(C)(CO)COP(=O)(O)O. The Morgan fingerprint density at radius 3 is 0.733 bits per heavy atom. The van der Waals surface area contributed by atoms with E-state index in [0.29, 0.717) is 0 Å². The lowest BCUT2D eigenvalue weighted by Gasteiger charge is -2.31. The van der Waals surface area contributed by atoms with Gasteiger partial charge in [0.25, 0.3) is 0 Å². The number of hydrogen-bond acceptors (Lipinski definition) is 16. The van der Waals surface area contributed by atoms with Crippen molar-refractivity contribution in [2.75, 3.05) is 79.3 Å². The first kappa shape index (κ1) is 45.2. The fourth-order valence-corrected chi connectivity index (χ4v) is 5.87. The number of hydrogen-bond donors (Lipinski definition) is 10. The molecule has 0 amide bonds. The van der Waals surface area contributed by atoms with Gasteiger partial charge in [0.2, 0.25) is 0 Å². The molecule has 0 aliphatic rings. The minimum absolute atomic E-state index is 0.568. The molecule has 0 saturated heterocycles. The fraction of sp³-hybridized carbons (Fsp3) is 1.00. The summed E-state index contributed by atoms with van der Waals surface area (Å²) in [5.74, 6) is 0. The summed E-state index contributed by atoms with van der Waals surface area (Å²) in [6.07, 6.45) is 0. The predicted octanol–water partition coefficient (Wildman–Crippen LogP) is -0.517. The first-order valence-electron chi connectivity index (χ1n) is 12.9. The van der Waals surface area contributed by atoms with Crippen LogP contribution in [-0.2, 0) is 49.9 Å². The van der Waals surface area contributed by atoms with Gasteiger partial charge in [0.15, 0.2) is 0 Å². The van der Waals surface area contributed by atoms with Gasteiger partial charge >= 0.3 is 31.3 Å². The maximum absolute atomic E-state index is 12.5. The highest BCUT2D eigenvalue weighted by Crippen LogP contribution is 2.50. The summed E-state index contributed by atoms with van der Waals surface area (Å²) in [5.41, 5.74) is -5.97. The van der Waals surface area contributed by atoms with Crippen LogP contribution in [0, 0.1) is 21.7 Å². The number of phosphoric acid groups is 4. The first-order chi connectivity index (χ1) is 20.3. The third-order valence-electron chi connectivity index (χ3n) is 5.95. The second-order valence-electron chi connectivity index (χ2n) is 11.8. The lowest BCUT2D eigenvalue weighted by Crippen LogP contribution is -2.35. The van der Waals surface area contributed by atoms with Crippen LogP contribution in [0.2, 0.25) is 0 Å². The van der Waals surface area contributed by atoms with Crippen LogP contribution in [0.1, 0.15) is 27.7 Å². The summed E-state index contributed by atoms with van der Waals surface area (Å²) in [7, 11) is -19.6. The van der Waals surface area contributed by atoms with E-state index in [0.717, 1.165) is 0 Å². The molecule has 10 N–H and O–H groups in total. The van der Waals surface area contributed by atoms with Crippen molar-refractivity contribution >= 4 is 31.3 Å². The molecule has 0 fully saturated rings. The Kier molecular flexibility index (Phi) is 18.4. The standard InChI is InChI=1S/C20H46O21P4/c1-17(5-21,6-22)10-36-43(29,30)38-13-19(3,8-24)14-40-45(33,34)41-16-20(4,9-25)15-39-44(31,32)37-12-18(2,7-23)11-35-42(26,27)28/h21-25H,5-16H2,1-4H3,(H,29,30)(H,31,32)(H,33,34)(H2,26,27,28). The highest BCUT2D eigenvalue weighted by Gasteiger charge is 2.39. The van der Waals surface area contributed by atoms with Crippen molar-refractivity contribution in [3.05, 3.63) is 0 Å². The molecule has 25 heteroatoms. The molecule has 0 spiro atoms. The molecule has 45 heavy (non-hydrogen) atoms. The van der Waals surface area contributed by atoms with Crippen LogP contribution in [0.25, 0.3) is 0 Å². The average molecular weight is 746 g/mol. The maximum Gasteiger partial charge on any atom is 0.472 e. The Morgan fingerprint density at radius 1 is 0.378 bits per heavy atom. The number of aliphatic hydroxyl groups excluding tert-OH is 5. The van der Waals surface area contributed by atoms with Crippen LogP contribution >= 0.6 is 31.3 Å². The van der Waals surface area contributed by atoms with Gasteiger partial charge in [-0.3, -0.25) is 31.7 Å². The summed E-state index contributed by atoms with van der Waals surface area (Å²) in [6, 6.07) is 0. The summed E-state index contributed by atoms with van der Waals surface area (Å²) >= 11 is 0. The molecule has 0 radical (unpaired) electrons. The molecule has 0 aromatic heterocycles. The molecule has 0 aromatic rings. The highest BCUT2D eigenvalue weighted by atomic mass is 31.2. The van der Waals surface area contributed by atoms with Crippen molar-refractivity contribution in [3.63, 3.8) is 0 Å². The third kappa shape index (κ3) is 19.1. The van der Waals surface area contributed by atoms with E-state index in [1.165, 1.54) is 27.7 Å². The number of phosphoric ester groups is 4. The molecule has 6 atom stereocenters. The number of rotatable bonds is 26. The monoisotopic (exact) mass is 746 g/mol. The highest BCUT2D eigenvalue weighted by molar-refractivity contribution is 7.48. The van der Waals surface area contributed by atoms with Gasteiger partial charge < -0.3 is 50.0 Å². The molecule has 0 bridgehead atoms. The molecule has 0 aliphatic carbocycles. The van der Waals surface area contributed by atoms with Crippen LogP contribution in [-0.4, -0.2) is 129 Å². The Hall–Kier alpha value is 0.240.